The van der Waals surface area contributed by atoms with Crippen LogP contribution in [0.25, 0.3) is 0 Å². The quantitative estimate of drug-likeness (QED) is 0.775. The highest BCUT2D eigenvalue weighted by molar-refractivity contribution is 5.78. The Morgan fingerprint density at radius 1 is 1.00 bits per heavy atom. The fourth-order valence-electron chi connectivity index (χ4n) is 3.65. The minimum atomic E-state index is 0.341. The lowest BCUT2D eigenvalue weighted by Crippen LogP contribution is -2.51. The Morgan fingerprint density at radius 2 is 1.62 bits per heavy atom. The standard InChI is InChI=1S/C17H33N3O/c1-4-18-9-11-20(12-10-18)17(21)14-19-7-5-16(6-8-19)13-15(2)3/h15-16H,4-14H2,1-3H3. The Labute approximate surface area is 130 Å². The zero-order chi connectivity index (χ0) is 15.2. The number of carbonyl (C=O) groups is 1. The summed E-state index contributed by atoms with van der Waals surface area (Å²) in [6.45, 7) is 14.7. The molecular weight excluding hydrogens is 262 g/mol. The van der Waals surface area contributed by atoms with E-state index in [1.165, 1.54) is 19.3 Å². The van der Waals surface area contributed by atoms with E-state index in [1.54, 1.807) is 0 Å². The molecular formula is C17H33N3O. The minimum absolute atomic E-state index is 0.341. The zero-order valence-electron chi connectivity index (χ0n) is 14.2. The molecule has 0 aromatic carbocycles. The second-order valence-corrected chi connectivity index (χ2v) is 7.16. The van der Waals surface area contributed by atoms with Gasteiger partial charge in [0.25, 0.3) is 0 Å². The second-order valence-electron chi connectivity index (χ2n) is 7.16. The van der Waals surface area contributed by atoms with Crippen LogP contribution >= 0.6 is 0 Å². The third kappa shape index (κ3) is 5.26. The Hall–Kier alpha value is -0.610. The van der Waals surface area contributed by atoms with E-state index < -0.39 is 0 Å². The third-order valence-electron chi connectivity index (χ3n) is 5.04. The van der Waals surface area contributed by atoms with Crippen LogP contribution in [0.1, 0.15) is 40.0 Å². The number of amides is 1. The van der Waals surface area contributed by atoms with Crippen molar-refractivity contribution in [3.05, 3.63) is 0 Å². The summed E-state index contributed by atoms with van der Waals surface area (Å²) in [6.07, 6.45) is 3.89. The van der Waals surface area contributed by atoms with E-state index in [0.717, 1.165) is 57.6 Å². The summed E-state index contributed by atoms with van der Waals surface area (Å²) < 4.78 is 0. The number of hydrogen-bond acceptors (Lipinski definition) is 3. The van der Waals surface area contributed by atoms with Crippen LogP contribution in [0.3, 0.4) is 0 Å². The van der Waals surface area contributed by atoms with E-state index in [0.29, 0.717) is 12.5 Å². The van der Waals surface area contributed by atoms with Gasteiger partial charge in [-0.1, -0.05) is 20.8 Å². The van der Waals surface area contributed by atoms with Gasteiger partial charge < -0.3 is 9.80 Å². The van der Waals surface area contributed by atoms with Gasteiger partial charge in [0, 0.05) is 26.2 Å². The number of hydrogen-bond donors (Lipinski definition) is 0. The molecule has 0 atom stereocenters. The summed E-state index contributed by atoms with van der Waals surface area (Å²) in [5, 5.41) is 0. The maximum absolute atomic E-state index is 12.4. The number of carbonyl (C=O) groups excluding carboxylic acids is 1. The van der Waals surface area contributed by atoms with Crippen molar-refractivity contribution >= 4 is 5.91 Å². The second kappa shape index (κ2) is 8.14. The van der Waals surface area contributed by atoms with Crippen LogP contribution < -0.4 is 0 Å². The van der Waals surface area contributed by atoms with Gasteiger partial charge in [-0.15, -0.1) is 0 Å². The fraction of sp³-hybridized carbons (Fsp3) is 0.941. The van der Waals surface area contributed by atoms with Gasteiger partial charge in [0.05, 0.1) is 6.54 Å². The summed E-state index contributed by atoms with van der Waals surface area (Å²) >= 11 is 0. The average Bonchev–Trinajstić information content (AvgIpc) is 2.49. The largest absolute Gasteiger partial charge is 0.339 e. The highest BCUT2D eigenvalue weighted by Crippen LogP contribution is 2.23. The predicted octanol–water partition coefficient (Wildman–Crippen LogP) is 1.91. The van der Waals surface area contributed by atoms with Crippen molar-refractivity contribution in [2.75, 3.05) is 52.4 Å². The maximum Gasteiger partial charge on any atom is 0.236 e. The summed E-state index contributed by atoms with van der Waals surface area (Å²) in [6, 6.07) is 0. The third-order valence-corrected chi connectivity index (χ3v) is 5.04. The highest BCUT2D eigenvalue weighted by Gasteiger charge is 2.25. The summed E-state index contributed by atoms with van der Waals surface area (Å²) in [4.78, 5) is 19.2. The molecule has 0 N–H and O–H groups in total. The molecule has 0 aromatic rings. The molecule has 2 saturated heterocycles. The van der Waals surface area contributed by atoms with Gasteiger partial charge in [0.1, 0.15) is 0 Å². The van der Waals surface area contributed by atoms with Gasteiger partial charge in [-0.2, -0.15) is 0 Å². The Kier molecular flexibility index (Phi) is 6.49. The van der Waals surface area contributed by atoms with Gasteiger partial charge >= 0.3 is 0 Å². The zero-order valence-corrected chi connectivity index (χ0v) is 14.2. The number of piperazine rings is 1. The minimum Gasteiger partial charge on any atom is -0.339 e. The van der Waals surface area contributed by atoms with Crippen LogP contribution in [0, 0.1) is 11.8 Å². The molecule has 2 heterocycles. The van der Waals surface area contributed by atoms with Crippen LogP contribution in [0.5, 0.6) is 0 Å². The molecule has 21 heavy (non-hydrogen) atoms. The number of likely N-dealkylation sites (tertiary alicyclic amines) is 1. The van der Waals surface area contributed by atoms with Crippen LogP contribution in [0.2, 0.25) is 0 Å². The molecule has 2 fully saturated rings. The molecule has 0 aliphatic carbocycles. The lowest BCUT2D eigenvalue weighted by molar-refractivity contribution is -0.134. The van der Waals surface area contributed by atoms with Gasteiger partial charge in [-0.3, -0.25) is 9.69 Å². The Bertz CT molecular complexity index is 316. The van der Waals surface area contributed by atoms with Crippen LogP contribution in [-0.2, 0) is 4.79 Å². The van der Waals surface area contributed by atoms with Gasteiger partial charge in [-0.25, -0.2) is 0 Å². The van der Waals surface area contributed by atoms with Crippen LogP contribution in [-0.4, -0.2) is 73.0 Å². The van der Waals surface area contributed by atoms with E-state index in [1.807, 2.05) is 0 Å². The normalized spacial score (nSPS) is 23.0. The first-order valence-electron chi connectivity index (χ1n) is 8.81. The molecule has 0 bridgehead atoms. The smallest absolute Gasteiger partial charge is 0.236 e. The van der Waals surface area contributed by atoms with Gasteiger partial charge in [0.2, 0.25) is 5.91 Å². The topological polar surface area (TPSA) is 26.8 Å². The molecule has 122 valence electrons. The highest BCUT2D eigenvalue weighted by atomic mass is 16.2. The van der Waals surface area contributed by atoms with Crippen molar-refractivity contribution in [2.45, 2.75) is 40.0 Å². The van der Waals surface area contributed by atoms with E-state index in [4.69, 9.17) is 0 Å². The summed E-state index contributed by atoms with van der Waals surface area (Å²) in [7, 11) is 0. The molecule has 0 radical (unpaired) electrons. The van der Waals surface area contributed by atoms with Crippen LogP contribution in [0.15, 0.2) is 0 Å². The molecule has 2 aliphatic heterocycles. The van der Waals surface area contributed by atoms with Gasteiger partial charge in [-0.05, 0) is 50.7 Å². The average molecular weight is 295 g/mol. The van der Waals surface area contributed by atoms with Crippen molar-refractivity contribution in [3.63, 3.8) is 0 Å². The molecule has 4 nitrogen and oxygen atoms in total. The molecule has 4 heteroatoms. The molecule has 0 spiro atoms. The van der Waals surface area contributed by atoms with Crippen molar-refractivity contribution in [1.82, 2.24) is 14.7 Å². The fourth-order valence-corrected chi connectivity index (χ4v) is 3.65. The number of piperidine rings is 1. The van der Waals surface area contributed by atoms with Gasteiger partial charge in [0.15, 0.2) is 0 Å². The Morgan fingerprint density at radius 3 is 2.14 bits per heavy atom. The Balaban J connectivity index is 1.67. The van der Waals surface area contributed by atoms with E-state index in [2.05, 4.69) is 35.5 Å². The van der Waals surface area contributed by atoms with Crippen molar-refractivity contribution in [2.24, 2.45) is 11.8 Å². The first-order valence-corrected chi connectivity index (χ1v) is 8.81. The van der Waals surface area contributed by atoms with Crippen molar-refractivity contribution in [3.8, 4) is 0 Å². The van der Waals surface area contributed by atoms with Crippen molar-refractivity contribution < 1.29 is 4.79 Å². The lowest BCUT2D eigenvalue weighted by atomic mass is 9.88. The van der Waals surface area contributed by atoms with E-state index in [9.17, 15) is 4.79 Å². The number of likely N-dealkylation sites (N-methyl/N-ethyl adjacent to an activating group) is 1. The number of rotatable bonds is 5. The van der Waals surface area contributed by atoms with Crippen molar-refractivity contribution in [1.29, 1.82) is 0 Å². The molecule has 1 amide bonds. The van der Waals surface area contributed by atoms with E-state index >= 15 is 0 Å². The molecule has 0 unspecified atom stereocenters. The summed E-state index contributed by atoms with van der Waals surface area (Å²) in [5.41, 5.74) is 0. The molecule has 2 rings (SSSR count). The number of nitrogens with zero attached hydrogens (tertiary/aromatic N) is 3. The first kappa shape index (κ1) is 16.8. The SMILES string of the molecule is CCN1CCN(C(=O)CN2CCC(CC(C)C)CC2)CC1. The predicted molar refractivity (Wildman–Crippen MR) is 87.3 cm³/mol. The monoisotopic (exact) mass is 295 g/mol. The summed E-state index contributed by atoms with van der Waals surface area (Å²) in [5.74, 6) is 2.02. The molecule has 0 aromatic heterocycles. The molecule has 0 saturated carbocycles. The van der Waals surface area contributed by atoms with Crippen LogP contribution in [0.4, 0.5) is 0 Å². The van der Waals surface area contributed by atoms with E-state index in [-0.39, 0.29) is 0 Å². The lowest BCUT2D eigenvalue weighted by Gasteiger charge is -2.37. The first-order chi connectivity index (χ1) is 10.1. The molecule has 2 aliphatic rings. The maximum atomic E-state index is 12.4.